The molecule has 108 valence electrons. The summed E-state index contributed by atoms with van der Waals surface area (Å²) in [6.45, 7) is 14.8. The van der Waals surface area contributed by atoms with E-state index in [9.17, 15) is 4.79 Å². The first-order valence-corrected chi connectivity index (χ1v) is 7.13. The highest BCUT2D eigenvalue weighted by Gasteiger charge is 2.43. The van der Waals surface area contributed by atoms with Gasteiger partial charge in [-0.15, -0.1) is 11.6 Å². The van der Waals surface area contributed by atoms with Crippen molar-refractivity contribution in [3.05, 3.63) is 0 Å². The number of rotatable bonds is 6. The van der Waals surface area contributed by atoms with Gasteiger partial charge in [0.25, 0.3) is 0 Å². The van der Waals surface area contributed by atoms with Crippen LogP contribution in [-0.2, 0) is 9.53 Å². The molecule has 0 N–H and O–H groups in total. The van der Waals surface area contributed by atoms with Crippen LogP contribution in [0.25, 0.3) is 0 Å². The Labute approximate surface area is 117 Å². The van der Waals surface area contributed by atoms with Crippen molar-refractivity contribution in [3.8, 4) is 0 Å². The highest BCUT2D eigenvalue weighted by Crippen LogP contribution is 2.48. The van der Waals surface area contributed by atoms with Crippen molar-refractivity contribution < 1.29 is 9.53 Å². The van der Waals surface area contributed by atoms with Crippen molar-refractivity contribution in [1.82, 2.24) is 0 Å². The van der Waals surface area contributed by atoms with Gasteiger partial charge in [0.1, 0.15) is 0 Å². The summed E-state index contributed by atoms with van der Waals surface area (Å²) in [4.78, 5) is 11.9. The van der Waals surface area contributed by atoms with Crippen LogP contribution in [0.2, 0.25) is 0 Å². The molecule has 0 heterocycles. The topological polar surface area (TPSA) is 26.3 Å². The first-order chi connectivity index (χ1) is 7.97. The number of carbonyl (C=O) groups excluding carboxylic acids is 1. The van der Waals surface area contributed by atoms with E-state index >= 15 is 0 Å². The minimum Gasteiger partial charge on any atom is -0.469 e. The van der Waals surface area contributed by atoms with E-state index in [2.05, 4.69) is 41.5 Å². The molecule has 2 unspecified atom stereocenters. The van der Waals surface area contributed by atoms with Crippen molar-refractivity contribution in [2.45, 2.75) is 60.3 Å². The molecule has 3 heteroatoms. The molecule has 2 atom stereocenters. The van der Waals surface area contributed by atoms with Crippen LogP contribution in [0.3, 0.4) is 0 Å². The minimum atomic E-state index is -0.115. The lowest BCUT2D eigenvalue weighted by atomic mass is 9.61. The Kier molecular flexibility index (Phi) is 6.19. The molecule has 0 rings (SSSR count). The Balaban J connectivity index is 5.09. The number of hydrogen-bond acceptors (Lipinski definition) is 2. The molecule has 0 aromatic carbocycles. The summed E-state index contributed by atoms with van der Waals surface area (Å²) in [5, 5.41) is 0.0537. The number of alkyl halides is 1. The maximum atomic E-state index is 11.9. The predicted octanol–water partition coefficient (Wildman–Crippen LogP) is 4.50. The van der Waals surface area contributed by atoms with Gasteiger partial charge >= 0.3 is 5.97 Å². The monoisotopic (exact) mass is 276 g/mol. The number of carbonyl (C=O) groups is 1. The third-order valence-corrected chi connectivity index (χ3v) is 5.32. The quantitative estimate of drug-likeness (QED) is 0.527. The van der Waals surface area contributed by atoms with Gasteiger partial charge in [-0.1, -0.05) is 41.5 Å². The van der Waals surface area contributed by atoms with E-state index < -0.39 is 0 Å². The highest BCUT2D eigenvalue weighted by atomic mass is 35.5. The molecule has 18 heavy (non-hydrogen) atoms. The van der Waals surface area contributed by atoms with Crippen LogP contribution in [-0.4, -0.2) is 18.5 Å². The van der Waals surface area contributed by atoms with Gasteiger partial charge in [0.2, 0.25) is 0 Å². The van der Waals surface area contributed by atoms with Gasteiger partial charge in [0.15, 0.2) is 0 Å². The standard InChI is InChI=1S/C15H29ClO2/c1-10(2)12(13(17)18-8)9-14(4,5)15(6,7)11(3)16/h10-12H,9H2,1-8H3. The van der Waals surface area contributed by atoms with Crippen molar-refractivity contribution in [1.29, 1.82) is 0 Å². The van der Waals surface area contributed by atoms with Crippen LogP contribution in [0, 0.1) is 22.7 Å². The summed E-state index contributed by atoms with van der Waals surface area (Å²) in [6.07, 6.45) is 0.793. The maximum absolute atomic E-state index is 11.9. The Hall–Kier alpha value is -0.240. The van der Waals surface area contributed by atoms with E-state index in [1.54, 1.807) is 0 Å². The number of hydrogen-bond donors (Lipinski definition) is 0. The van der Waals surface area contributed by atoms with Gasteiger partial charge < -0.3 is 4.74 Å². The highest BCUT2D eigenvalue weighted by molar-refractivity contribution is 6.20. The first-order valence-electron chi connectivity index (χ1n) is 6.69. The third kappa shape index (κ3) is 3.88. The molecule has 0 amide bonds. The molecule has 0 aromatic rings. The van der Waals surface area contributed by atoms with Crippen molar-refractivity contribution >= 4 is 17.6 Å². The van der Waals surface area contributed by atoms with Crippen LogP contribution in [0.4, 0.5) is 0 Å². The number of esters is 1. The van der Waals surface area contributed by atoms with Crippen molar-refractivity contribution in [3.63, 3.8) is 0 Å². The van der Waals surface area contributed by atoms with Crippen molar-refractivity contribution in [2.75, 3.05) is 7.11 Å². The van der Waals surface area contributed by atoms with Crippen LogP contribution in [0.5, 0.6) is 0 Å². The lowest BCUT2D eigenvalue weighted by Gasteiger charge is -2.45. The van der Waals surface area contributed by atoms with Gasteiger partial charge in [0, 0.05) is 5.38 Å². The van der Waals surface area contributed by atoms with E-state index in [4.69, 9.17) is 16.3 Å². The molecule has 0 radical (unpaired) electrons. The molecule has 0 fully saturated rings. The molecule has 0 saturated heterocycles. The second-order valence-electron chi connectivity index (χ2n) is 6.80. The molecular weight excluding hydrogens is 248 g/mol. The molecule has 0 aliphatic carbocycles. The molecule has 2 nitrogen and oxygen atoms in total. The van der Waals surface area contributed by atoms with Gasteiger partial charge in [-0.3, -0.25) is 4.79 Å². The Morgan fingerprint density at radius 1 is 1.17 bits per heavy atom. The maximum Gasteiger partial charge on any atom is 0.308 e. The molecule has 0 aliphatic heterocycles. The second kappa shape index (κ2) is 6.27. The zero-order valence-electron chi connectivity index (χ0n) is 13.1. The largest absolute Gasteiger partial charge is 0.469 e. The normalized spacial score (nSPS) is 16.6. The summed E-state index contributed by atoms with van der Waals surface area (Å²) in [6, 6.07) is 0. The summed E-state index contributed by atoms with van der Waals surface area (Å²) in [5.41, 5.74) is -0.0764. The molecule has 0 spiro atoms. The average Bonchev–Trinajstić information content (AvgIpc) is 2.23. The van der Waals surface area contributed by atoms with Crippen LogP contribution >= 0.6 is 11.6 Å². The third-order valence-electron chi connectivity index (χ3n) is 4.78. The lowest BCUT2D eigenvalue weighted by molar-refractivity contribution is -0.149. The van der Waals surface area contributed by atoms with E-state index in [1.165, 1.54) is 7.11 Å². The SMILES string of the molecule is COC(=O)C(CC(C)(C)C(C)(C)C(C)Cl)C(C)C. The summed E-state index contributed by atoms with van der Waals surface area (Å²) in [7, 11) is 1.46. The number of halogens is 1. The Morgan fingerprint density at radius 3 is 1.89 bits per heavy atom. The zero-order valence-corrected chi connectivity index (χ0v) is 13.9. The lowest BCUT2D eigenvalue weighted by Crippen LogP contribution is -2.42. The number of methoxy groups -OCH3 is 1. The fraction of sp³-hybridized carbons (Fsp3) is 0.933. The van der Waals surface area contributed by atoms with E-state index in [0.717, 1.165) is 6.42 Å². The van der Waals surface area contributed by atoms with Gasteiger partial charge in [-0.25, -0.2) is 0 Å². The van der Waals surface area contributed by atoms with Crippen LogP contribution in [0.1, 0.15) is 54.9 Å². The Morgan fingerprint density at radius 2 is 1.61 bits per heavy atom. The average molecular weight is 277 g/mol. The zero-order chi connectivity index (χ0) is 14.7. The van der Waals surface area contributed by atoms with Crippen LogP contribution < -0.4 is 0 Å². The van der Waals surface area contributed by atoms with E-state index in [0.29, 0.717) is 0 Å². The summed E-state index contributed by atoms with van der Waals surface area (Å²) < 4.78 is 4.92. The molecule has 0 aromatic heterocycles. The molecule has 0 saturated carbocycles. The fourth-order valence-electron chi connectivity index (χ4n) is 2.09. The molecular formula is C15H29ClO2. The van der Waals surface area contributed by atoms with E-state index in [-0.39, 0.29) is 34.0 Å². The molecule has 0 aliphatic rings. The summed E-state index contributed by atoms with van der Waals surface area (Å²) in [5.74, 6) is 0.0916. The van der Waals surface area contributed by atoms with Gasteiger partial charge in [-0.05, 0) is 30.1 Å². The van der Waals surface area contributed by atoms with E-state index in [1.807, 2.05) is 6.92 Å². The molecule has 0 bridgehead atoms. The Bertz CT molecular complexity index is 280. The smallest absolute Gasteiger partial charge is 0.308 e. The van der Waals surface area contributed by atoms with Gasteiger partial charge in [-0.2, -0.15) is 0 Å². The van der Waals surface area contributed by atoms with Crippen LogP contribution in [0.15, 0.2) is 0 Å². The minimum absolute atomic E-state index is 0.0305. The predicted molar refractivity (Wildman–Crippen MR) is 77.8 cm³/mol. The number of ether oxygens (including phenoxy) is 1. The summed E-state index contributed by atoms with van der Waals surface area (Å²) >= 11 is 6.31. The van der Waals surface area contributed by atoms with Crippen molar-refractivity contribution in [2.24, 2.45) is 22.7 Å². The van der Waals surface area contributed by atoms with Gasteiger partial charge in [0.05, 0.1) is 13.0 Å². The fourth-order valence-corrected chi connectivity index (χ4v) is 2.39. The second-order valence-corrected chi connectivity index (χ2v) is 7.45. The first kappa shape index (κ1) is 17.8.